The molecule has 0 amide bonds. The van der Waals surface area contributed by atoms with E-state index in [0.29, 0.717) is 36.4 Å². The second-order valence-corrected chi connectivity index (χ2v) is 12.2. The zero-order chi connectivity index (χ0) is 26.9. The molecule has 11 heteroatoms. The first kappa shape index (κ1) is 26.4. The molecule has 2 aromatic heterocycles. The summed E-state index contributed by atoms with van der Waals surface area (Å²) in [6.45, 7) is 1.64. The lowest BCUT2D eigenvalue weighted by Crippen LogP contribution is -2.33. The van der Waals surface area contributed by atoms with Crippen molar-refractivity contribution in [1.82, 2.24) is 9.97 Å². The van der Waals surface area contributed by atoms with E-state index < -0.39 is 26.8 Å². The third-order valence-corrected chi connectivity index (χ3v) is 9.64. The molecule has 1 aliphatic heterocycles. The van der Waals surface area contributed by atoms with Crippen LogP contribution in [-0.2, 0) is 16.0 Å². The highest BCUT2D eigenvalue weighted by Crippen LogP contribution is 2.33. The monoisotopic (exact) mass is 545 g/mol. The number of nitrogens with zero attached hydrogens (tertiary/aromatic N) is 3. The van der Waals surface area contributed by atoms with Gasteiger partial charge in [0.2, 0.25) is 0 Å². The molecule has 3 aromatic rings. The molecule has 1 saturated carbocycles. The smallest absolute Gasteiger partial charge is 0.367 e. The van der Waals surface area contributed by atoms with E-state index in [-0.39, 0.29) is 12.1 Å². The number of hydrogen-bond acceptors (Lipinski definition) is 7. The van der Waals surface area contributed by atoms with Crippen molar-refractivity contribution in [1.29, 1.82) is 0 Å². The molecular formula is C27H30F3N5O2S. The summed E-state index contributed by atoms with van der Waals surface area (Å²) in [4.78, 5) is 10.8. The van der Waals surface area contributed by atoms with Crippen molar-refractivity contribution in [3.63, 3.8) is 0 Å². The van der Waals surface area contributed by atoms with Gasteiger partial charge >= 0.3 is 6.18 Å². The van der Waals surface area contributed by atoms with Crippen molar-refractivity contribution in [2.24, 2.45) is 5.73 Å². The third-order valence-electron chi connectivity index (χ3n) is 7.37. The summed E-state index contributed by atoms with van der Waals surface area (Å²) in [5.41, 5.74) is 7.09. The van der Waals surface area contributed by atoms with Gasteiger partial charge in [0.05, 0.1) is 15.7 Å². The largest absolute Gasteiger partial charge is 0.417 e. The Labute approximate surface area is 220 Å². The summed E-state index contributed by atoms with van der Waals surface area (Å²) < 4.78 is 64.9. The van der Waals surface area contributed by atoms with Crippen LogP contribution in [-0.4, -0.2) is 48.8 Å². The number of sulfone groups is 1. The van der Waals surface area contributed by atoms with Crippen LogP contribution in [0.1, 0.15) is 37.7 Å². The fraction of sp³-hybridized carbons (Fsp3) is 0.407. The van der Waals surface area contributed by atoms with Crippen LogP contribution < -0.4 is 16.0 Å². The molecule has 1 unspecified atom stereocenters. The Kier molecular flexibility index (Phi) is 7.32. The Balaban J connectivity index is 1.20. The quantitative estimate of drug-likeness (QED) is 0.455. The first-order valence-electron chi connectivity index (χ1n) is 12.7. The SMILES string of the molecule is NC1CCN(c2cc(-c3ccc(S(=O)(=O)C4CCC(Nc5ccc(C(F)(F)F)cn5)CC4)cc3)ccn2)C1. The van der Waals surface area contributed by atoms with Gasteiger partial charge in [-0.2, -0.15) is 13.2 Å². The lowest BCUT2D eigenvalue weighted by atomic mass is 9.95. The van der Waals surface area contributed by atoms with Crippen LogP contribution in [0.4, 0.5) is 24.8 Å². The van der Waals surface area contributed by atoms with Crippen LogP contribution >= 0.6 is 0 Å². The second-order valence-electron chi connectivity index (χ2n) is 10.0. The number of hydrogen-bond donors (Lipinski definition) is 2. The van der Waals surface area contributed by atoms with E-state index >= 15 is 0 Å². The molecule has 2 fully saturated rings. The van der Waals surface area contributed by atoms with E-state index in [9.17, 15) is 21.6 Å². The average Bonchev–Trinajstić information content (AvgIpc) is 3.35. The lowest BCUT2D eigenvalue weighted by molar-refractivity contribution is -0.137. The summed E-state index contributed by atoms with van der Waals surface area (Å²) in [5, 5.41) is 2.63. The fourth-order valence-corrected chi connectivity index (χ4v) is 6.96. The van der Waals surface area contributed by atoms with Crippen LogP contribution in [0.25, 0.3) is 11.1 Å². The summed E-state index contributed by atoms with van der Waals surface area (Å²) in [6.07, 6.45) is 1.17. The number of nitrogens with two attached hydrogens (primary N) is 1. The number of halogens is 3. The van der Waals surface area contributed by atoms with Gasteiger partial charge in [-0.05, 0) is 79.6 Å². The van der Waals surface area contributed by atoms with Crippen LogP contribution in [0.2, 0.25) is 0 Å². The molecule has 3 N–H and O–H groups in total. The van der Waals surface area contributed by atoms with Crippen LogP contribution in [0.15, 0.2) is 65.8 Å². The minimum absolute atomic E-state index is 0.0425. The molecule has 5 rings (SSSR count). The minimum atomic E-state index is -4.43. The molecule has 0 bridgehead atoms. The molecule has 3 heterocycles. The standard InChI is InChI=1S/C27H30F3N5O2S/c28-27(29,30)20-3-10-25(33-16-20)34-22-4-8-24(9-5-22)38(36,37)23-6-1-18(2-7-23)19-11-13-32-26(15-19)35-14-12-21(31)17-35/h1-3,6-7,10-11,13,15-16,21-22,24H,4-5,8-9,12,14,17,31H2,(H,33,34). The number of pyridine rings is 2. The van der Waals surface area contributed by atoms with E-state index in [1.54, 1.807) is 18.3 Å². The average molecular weight is 546 g/mol. The number of anilines is 2. The molecule has 1 aliphatic carbocycles. The van der Waals surface area contributed by atoms with E-state index in [0.717, 1.165) is 48.7 Å². The number of benzene rings is 1. The molecule has 1 aromatic carbocycles. The predicted molar refractivity (Wildman–Crippen MR) is 141 cm³/mol. The van der Waals surface area contributed by atoms with Gasteiger partial charge in [-0.3, -0.25) is 0 Å². The van der Waals surface area contributed by atoms with Crippen LogP contribution in [0.5, 0.6) is 0 Å². The highest BCUT2D eigenvalue weighted by molar-refractivity contribution is 7.92. The zero-order valence-electron chi connectivity index (χ0n) is 20.7. The topological polar surface area (TPSA) is 101 Å². The first-order valence-corrected chi connectivity index (χ1v) is 14.2. The van der Waals surface area contributed by atoms with Crippen molar-refractivity contribution in [3.8, 4) is 11.1 Å². The van der Waals surface area contributed by atoms with Crippen LogP contribution in [0, 0.1) is 0 Å². The Morgan fingerprint density at radius 1 is 0.921 bits per heavy atom. The maximum Gasteiger partial charge on any atom is 0.417 e. The van der Waals surface area contributed by atoms with Crippen molar-refractivity contribution in [2.75, 3.05) is 23.3 Å². The van der Waals surface area contributed by atoms with Gasteiger partial charge in [-0.15, -0.1) is 0 Å². The number of rotatable bonds is 6. The molecule has 2 aliphatic rings. The number of nitrogens with one attached hydrogen (secondary N) is 1. The van der Waals surface area contributed by atoms with Crippen LogP contribution in [0.3, 0.4) is 0 Å². The Bertz CT molecular complexity index is 1360. The predicted octanol–water partition coefficient (Wildman–Crippen LogP) is 4.90. The molecule has 7 nitrogen and oxygen atoms in total. The first-order chi connectivity index (χ1) is 18.1. The van der Waals surface area contributed by atoms with Crippen molar-refractivity contribution in [3.05, 3.63) is 66.5 Å². The van der Waals surface area contributed by atoms with Crippen molar-refractivity contribution in [2.45, 2.75) is 60.5 Å². The molecule has 38 heavy (non-hydrogen) atoms. The summed E-state index contributed by atoms with van der Waals surface area (Å²) in [7, 11) is -3.51. The van der Waals surface area contributed by atoms with Gasteiger partial charge in [0.1, 0.15) is 11.6 Å². The van der Waals surface area contributed by atoms with Crippen molar-refractivity contribution >= 4 is 21.5 Å². The van der Waals surface area contributed by atoms with Gasteiger partial charge < -0.3 is 16.0 Å². The molecule has 1 atom stereocenters. The lowest BCUT2D eigenvalue weighted by Gasteiger charge is -2.29. The van der Waals surface area contributed by atoms with E-state index in [2.05, 4.69) is 20.2 Å². The maximum absolute atomic E-state index is 13.3. The molecule has 0 radical (unpaired) electrons. The Hall–Kier alpha value is -3.18. The van der Waals surface area contributed by atoms with Gasteiger partial charge in [-0.1, -0.05) is 12.1 Å². The van der Waals surface area contributed by atoms with Gasteiger partial charge in [0.25, 0.3) is 0 Å². The molecular weight excluding hydrogens is 515 g/mol. The highest BCUT2D eigenvalue weighted by atomic mass is 32.2. The summed E-state index contributed by atoms with van der Waals surface area (Å²) >= 11 is 0. The normalized spacial score (nSPS) is 22.4. The maximum atomic E-state index is 13.3. The van der Waals surface area contributed by atoms with Gasteiger partial charge in [0.15, 0.2) is 9.84 Å². The Morgan fingerprint density at radius 2 is 1.66 bits per heavy atom. The molecule has 202 valence electrons. The fourth-order valence-electron chi connectivity index (χ4n) is 5.17. The van der Waals surface area contributed by atoms with Crippen molar-refractivity contribution < 1.29 is 21.6 Å². The summed E-state index contributed by atoms with van der Waals surface area (Å²) in [5.74, 6) is 1.22. The minimum Gasteiger partial charge on any atom is -0.367 e. The Morgan fingerprint density at radius 3 is 2.26 bits per heavy atom. The third kappa shape index (κ3) is 5.78. The molecule has 0 spiro atoms. The summed E-state index contributed by atoms with van der Waals surface area (Å²) in [6, 6.07) is 13.3. The second kappa shape index (κ2) is 10.5. The number of alkyl halides is 3. The van der Waals surface area contributed by atoms with Gasteiger partial charge in [-0.25, -0.2) is 18.4 Å². The zero-order valence-corrected chi connectivity index (χ0v) is 21.5. The highest BCUT2D eigenvalue weighted by Gasteiger charge is 2.33. The van der Waals surface area contributed by atoms with E-state index in [1.165, 1.54) is 6.07 Å². The number of aromatic nitrogens is 2. The van der Waals surface area contributed by atoms with E-state index in [1.807, 2.05) is 24.3 Å². The molecule has 1 saturated heterocycles. The van der Waals surface area contributed by atoms with Gasteiger partial charge in [0, 0.05) is 37.6 Å². The van der Waals surface area contributed by atoms with E-state index in [4.69, 9.17) is 5.73 Å².